The molecular formula is C11H16N2O2. The van der Waals surface area contributed by atoms with Crippen LogP contribution in [0.2, 0.25) is 0 Å². The first-order valence-corrected chi connectivity index (χ1v) is 4.54. The Morgan fingerprint density at radius 3 is 2.60 bits per heavy atom. The fraction of sp³-hybridized carbons (Fsp3) is 0.273. The molecule has 0 unspecified atom stereocenters. The molecule has 4 nitrogen and oxygen atoms in total. The van der Waals surface area contributed by atoms with Crippen molar-refractivity contribution in [1.82, 2.24) is 4.57 Å². The molecule has 0 aliphatic heterocycles. The van der Waals surface area contributed by atoms with Gasteiger partial charge in [-0.3, -0.25) is 0 Å². The predicted molar refractivity (Wildman–Crippen MR) is 55.7 cm³/mol. The number of imidazole rings is 1. The standard InChI is InChI=1S/C9H13N2.C2H4O2/c1-3-5-10-7-8-11(9-10)6-4-2;1-2(3)4/h3-4,7-9H,1-2,5-6H2;1H3,(H,3,4)/q+1;/p-1. The Bertz CT molecular complexity index is 301. The molecule has 1 aromatic heterocycles. The molecule has 0 aromatic carbocycles. The van der Waals surface area contributed by atoms with Crippen molar-refractivity contribution in [1.29, 1.82) is 0 Å². The molecule has 1 rings (SSSR count). The molecule has 0 N–H and O–H groups in total. The van der Waals surface area contributed by atoms with Crippen molar-refractivity contribution in [3.05, 3.63) is 44.0 Å². The van der Waals surface area contributed by atoms with Crippen LogP contribution >= 0.6 is 0 Å². The summed E-state index contributed by atoms with van der Waals surface area (Å²) in [5.41, 5.74) is 0. The molecule has 1 heterocycles. The van der Waals surface area contributed by atoms with Crippen LogP contribution in [0.4, 0.5) is 0 Å². The Balaban J connectivity index is 0.000000423. The van der Waals surface area contributed by atoms with Gasteiger partial charge in [0.2, 0.25) is 6.33 Å². The second-order valence-electron chi connectivity index (χ2n) is 2.88. The molecule has 0 saturated carbocycles. The zero-order chi connectivity index (χ0) is 11.7. The lowest BCUT2D eigenvalue weighted by molar-refractivity contribution is -0.686. The van der Waals surface area contributed by atoms with Crippen LogP contribution in [0.3, 0.4) is 0 Å². The van der Waals surface area contributed by atoms with Crippen molar-refractivity contribution in [3.8, 4) is 0 Å². The molecule has 4 heteroatoms. The van der Waals surface area contributed by atoms with Gasteiger partial charge in [0.25, 0.3) is 0 Å². The molecule has 0 fully saturated rings. The first-order chi connectivity index (χ1) is 7.10. The number of aromatic nitrogens is 2. The van der Waals surface area contributed by atoms with E-state index in [0.29, 0.717) is 0 Å². The number of hydrogen-bond donors (Lipinski definition) is 0. The van der Waals surface area contributed by atoms with Crippen LogP contribution < -0.4 is 9.67 Å². The summed E-state index contributed by atoms with van der Waals surface area (Å²) in [5, 5.41) is 8.89. The average Bonchev–Trinajstić information content (AvgIpc) is 2.53. The summed E-state index contributed by atoms with van der Waals surface area (Å²) >= 11 is 0. The summed E-state index contributed by atoms with van der Waals surface area (Å²) in [7, 11) is 0. The quantitative estimate of drug-likeness (QED) is 0.512. The Morgan fingerprint density at radius 1 is 1.53 bits per heavy atom. The molecule has 0 atom stereocenters. The van der Waals surface area contributed by atoms with Crippen LogP contribution in [0.15, 0.2) is 44.0 Å². The molecule has 0 bridgehead atoms. The molecule has 0 amide bonds. The van der Waals surface area contributed by atoms with Crippen LogP contribution in [0.1, 0.15) is 6.92 Å². The van der Waals surface area contributed by atoms with E-state index in [4.69, 9.17) is 9.90 Å². The van der Waals surface area contributed by atoms with Gasteiger partial charge < -0.3 is 9.90 Å². The molecular weight excluding hydrogens is 192 g/mol. The van der Waals surface area contributed by atoms with Gasteiger partial charge in [-0.05, 0) is 6.92 Å². The van der Waals surface area contributed by atoms with Crippen LogP contribution in [-0.2, 0) is 17.9 Å². The molecule has 0 aliphatic carbocycles. The van der Waals surface area contributed by atoms with Crippen molar-refractivity contribution < 1.29 is 14.5 Å². The van der Waals surface area contributed by atoms with Crippen LogP contribution in [-0.4, -0.2) is 10.5 Å². The van der Waals surface area contributed by atoms with E-state index >= 15 is 0 Å². The van der Waals surface area contributed by atoms with E-state index in [1.807, 2.05) is 30.9 Å². The van der Waals surface area contributed by atoms with Crippen LogP contribution in [0.25, 0.3) is 0 Å². The first kappa shape index (κ1) is 13.2. The van der Waals surface area contributed by atoms with E-state index in [9.17, 15) is 0 Å². The minimum absolute atomic E-state index is 0.865. The smallest absolute Gasteiger partial charge is 0.244 e. The number of aliphatic carboxylic acids is 1. The van der Waals surface area contributed by atoms with Crippen molar-refractivity contribution in [3.63, 3.8) is 0 Å². The Morgan fingerprint density at radius 2 is 2.13 bits per heavy atom. The number of hydrogen-bond acceptors (Lipinski definition) is 2. The number of rotatable bonds is 4. The SMILES string of the molecule is C=CCn1cc[n+](CC=C)c1.CC(=O)[O-]. The number of carboxylic acids is 1. The summed E-state index contributed by atoms with van der Waals surface area (Å²) in [6, 6.07) is 0. The third kappa shape index (κ3) is 7.25. The number of carboxylic acid groups (broad SMARTS) is 1. The van der Waals surface area contributed by atoms with Gasteiger partial charge in [-0.25, -0.2) is 9.13 Å². The van der Waals surface area contributed by atoms with E-state index in [1.54, 1.807) is 0 Å². The molecule has 0 spiro atoms. The van der Waals surface area contributed by atoms with E-state index in [-0.39, 0.29) is 0 Å². The Labute approximate surface area is 89.8 Å². The fourth-order valence-electron chi connectivity index (χ4n) is 0.953. The fourth-order valence-corrected chi connectivity index (χ4v) is 0.953. The highest BCUT2D eigenvalue weighted by atomic mass is 16.4. The van der Waals surface area contributed by atoms with Crippen molar-refractivity contribution >= 4 is 5.97 Å². The summed E-state index contributed by atoms with van der Waals surface area (Å²) < 4.78 is 4.13. The normalized spacial score (nSPS) is 8.60. The van der Waals surface area contributed by atoms with E-state index < -0.39 is 5.97 Å². The highest BCUT2D eigenvalue weighted by molar-refractivity contribution is 5.60. The van der Waals surface area contributed by atoms with Gasteiger partial charge in [-0.2, -0.15) is 0 Å². The zero-order valence-corrected chi connectivity index (χ0v) is 8.93. The van der Waals surface area contributed by atoms with E-state index in [2.05, 4.69) is 22.3 Å². The second-order valence-corrected chi connectivity index (χ2v) is 2.88. The topological polar surface area (TPSA) is 48.9 Å². The highest BCUT2D eigenvalue weighted by Crippen LogP contribution is 1.84. The third-order valence-electron chi connectivity index (χ3n) is 1.43. The maximum absolute atomic E-state index is 8.89. The zero-order valence-electron chi connectivity index (χ0n) is 8.93. The summed E-state index contributed by atoms with van der Waals surface area (Å²) in [4.78, 5) is 8.89. The maximum Gasteiger partial charge on any atom is 0.244 e. The Hall–Kier alpha value is -1.84. The molecule has 82 valence electrons. The van der Waals surface area contributed by atoms with Gasteiger partial charge in [0.05, 0.1) is 0 Å². The largest absolute Gasteiger partial charge is 0.550 e. The Kier molecular flexibility index (Phi) is 6.63. The minimum Gasteiger partial charge on any atom is -0.550 e. The summed E-state index contributed by atoms with van der Waals surface area (Å²) in [6.07, 6.45) is 9.82. The van der Waals surface area contributed by atoms with Crippen molar-refractivity contribution in [2.45, 2.75) is 20.0 Å². The lowest BCUT2D eigenvalue weighted by atomic mass is 10.6. The van der Waals surface area contributed by atoms with Gasteiger partial charge in [-0.1, -0.05) is 25.3 Å². The highest BCUT2D eigenvalue weighted by Gasteiger charge is 1.97. The number of allylic oxidation sites excluding steroid dienone is 2. The lowest BCUT2D eigenvalue weighted by Gasteiger charge is -1.86. The van der Waals surface area contributed by atoms with Gasteiger partial charge in [-0.15, -0.1) is 0 Å². The minimum atomic E-state index is -1.08. The third-order valence-corrected chi connectivity index (χ3v) is 1.43. The van der Waals surface area contributed by atoms with Gasteiger partial charge in [0.15, 0.2) is 0 Å². The van der Waals surface area contributed by atoms with Gasteiger partial charge >= 0.3 is 0 Å². The monoisotopic (exact) mass is 208 g/mol. The van der Waals surface area contributed by atoms with Crippen LogP contribution in [0.5, 0.6) is 0 Å². The number of carbonyl (C=O) groups excluding carboxylic acids is 1. The molecule has 1 aromatic rings. The molecule has 15 heavy (non-hydrogen) atoms. The summed E-state index contributed by atoms with van der Waals surface area (Å²) in [6.45, 7) is 10.0. The number of nitrogens with zero attached hydrogens (tertiary/aromatic N) is 2. The van der Waals surface area contributed by atoms with Crippen molar-refractivity contribution in [2.24, 2.45) is 0 Å². The van der Waals surface area contributed by atoms with E-state index in [0.717, 1.165) is 20.0 Å². The number of carbonyl (C=O) groups is 1. The molecule has 0 saturated heterocycles. The maximum atomic E-state index is 8.89. The van der Waals surface area contributed by atoms with Gasteiger partial charge in [0.1, 0.15) is 25.5 Å². The van der Waals surface area contributed by atoms with E-state index in [1.165, 1.54) is 0 Å². The van der Waals surface area contributed by atoms with Crippen LogP contribution in [0, 0.1) is 0 Å². The second kappa shape index (κ2) is 7.55. The van der Waals surface area contributed by atoms with Crippen molar-refractivity contribution in [2.75, 3.05) is 0 Å². The molecule has 0 aliphatic rings. The lowest BCUT2D eigenvalue weighted by Crippen LogP contribution is -2.29. The summed E-state index contributed by atoms with van der Waals surface area (Å²) in [5.74, 6) is -1.08. The van der Waals surface area contributed by atoms with Gasteiger partial charge in [0, 0.05) is 5.97 Å². The average molecular weight is 208 g/mol. The predicted octanol–water partition coefficient (Wildman–Crippen LogP) is -0.0962. The first-order valence-electron chi connectivity index (χ1n) is 4.54. The molecule has 0 radical (unpaired) electrons.